The van der Waals surface area contributed by atoms with E-state index in [1.165, 1.54) is 17.0 Å². The summed E-state index contributed by atoms with van der Waals surface area (Å²) < 4.78 is 39.7. The van der Waals surface area contributed by atoms with Gasteiger partial charge in [-0.2, -0.15) is 18.4 Å². The maximum Gasteiger partial charge on any atom is 0.416 e. The number of rotatable bonds is 3. The van der Waals surface area contributed by atoms with Crippen LogP contribution in [-0.4, -0.2) is 34.8 Å². The Hall–Kier alpha value is -3.41. The lowest BCUT2D eigenvalue weighted by atomic mass is 9.99. The van der Waals surface area contributed by atoms with Crippen LogP contribution < -0.4 is 5.32 Å². The van der Waals surface area contributed by atoms with Gasteiger partial charge >= 0.3 is 6.18 Å². The standard InChI is InChI=1S/C19H15F3N4O2/c1-11-3-2-4-16(24-11)17(27)25-15-6-13(5-14(7-15)19(20,21)22)18(28)26-9-12(8-23)10-26/h2-7,12H,9-10H2,1H3,(H,25,27). The number of nitrogens with one attached hydrogen (secondary N) is 1. The second-order valence-electron chi connectivity index (χ2n) is 6.45. The van der Waals surface area contributed by atoms with E-state index in [1.54, 1.807) is 19.1 Å². The minimum absolute atomic E-state index is 0.0462. The number of benzene rings is 1. The van der Waals surface area contributed by atoms with E-state index in [2.05, 4.69) is 10.3 Å². The van der Waals surface area contributed by atoms with E-state index >= 15 is 0 Å². The number of nitriles is 1. The van der Waals surface area contributed by atoms with Crippen LogP contribution in [0.2, 0.25) is 0 Å². The molecule has 6 nitrogen and oxygen atoms in total. The second-order valence-corrected chi connectivity index (χ2v) is 6.45. The molecule has 0 atom stereocenters. The number of alkyl halides is 3. The van der Waals surface area contributed by atoms with Crippen LogP contribution in [0.4, 0.5) is 18.9 Å². The molecule has 1 N–H and O–H groups in total. The third-order valence-electron chi connectivity index (χ3n) is 4.24. The van der Waals surface area contributed by atoms with Crippen molar-refractivity contribution >= 4 is 17.5 Å². The molecular formula is C19H15F3N4O2. The molecule has 1 aliphatic rings. The summed E-state index contributed by atoms with van der Waals surface area (Å²) in [7, 11) is 0. The molecule has 1 aromatic heterocycles. The van der Waals surface area contributed by atoms with Gasteiger partial charge in [-0.3, -0.25) is 9.59 Å². The van der Waals surface area contributed by atoms with Crippen molar-refractivity contribution in [1.82, 2.24) is 9.88 Å². The zero-order chi connectivity index (χ0) is 20.5. The third-order valence-corrected chi connectivity index (χ3v) is 4.24. The molecule has 1 fully saturated rings. The van der Waals surface area contributed by atoms with Crippen LogP contribution in [0.25, 0.3) is 0 Å². The summed E-state index contributed by atoms with van der Waals surface area (Å²) in [6.07, 6.45) is -4.69. The van der Waals surface area contributed by atoms with Crippen molar-refractivity contribution in [2.75, 3.05) is 18.4 Å². The second kappa shape index (κ2) is 7.31. The molecule has 3 rings (SSSR count). The van der Waals surface area contributed by atoms with Gasteiger partial charge in [-0.15, -0.1) is 0 Å². The monoisotopic (exact) mass is 388 g/mol. The number of likely N-dealkylation sites (tertiary alicyclic amines) is 1. The van der Waals surface area contributed by atoms with Crippen LogP contribution in [0.1, 0.15) is 32.1 Å². The number of hydrogen-bond donors (Lipinski definition) is 1. The summed E-state index contributed by atoms with van der Waals surface area (Å²) in [6, 6.07) is 9.40. The van der Waals surface area contributed by atoms with Crippen LogP contribution in [0, 0.1) is 24.2 Å². The molecule has 2 heterocycles. The predicted molar refractivity (Wildman–Crippen MR) is 93.4 cm³/mol. The van der Waals surface area contributed by atoms with E-state index in [9.17, 15) is 22.8 Å². The summed E-state index contributed by atoms with van der Waals surface area (Å²) in [5.41, 5.74) is -0.798. The maximum absolute atomic E-state index is 13.2. The number of amides is 2. The highest BCUT2D eigenvalue weighted by atomic mass is 19.4. The highest BCUT2D eigenvalue weighted by Crippen LogP contribution is 2.33. The molecule has 0 spiro atoms. The fourth-order valence-corrected chi connectivity index (χ4v) is 2.76. The molecule has 2 aromatic rings. The number of nitrogens with zero attached hydrogens (tertiary/aromatic N) is 3. The van der Waals surface area contributed by atoms with Gasteiger partial charge in [0, 0.05) is 30.0 Å². The molecule has 9 heteroatoms. The first-order chi connectivity index (χ1) is 13.2. The normalized spacial score (nSPS) is 14.2. The van der Waals surface area contributed by atoms with Crippen LogP contribution in [0.3, 0.4) is 0 Å². The van der Waals surface area contributed by atoms with Gasteiger partial charge in [-0.1, -0.05) is 6.07 Å². The molecular weight excluding hydrogens is 373 g/mol. The number of aromatic nitrogens is 1. The molecule has 0 bridgehead atoms. The molecule has 2 amide bonds. The molecule has 0 aliphatic carbocycles. The fraction of sp³-hybridized carbons (Fsp3) is 0.263. The quantitative estimate of drug-likeness (QED) is 0.875. The van der Waals surface area contributed by atoms with E-state index in [0.29, 0.717) is 5.69 Å². The van der Waals surface area contributed by atoms with E-state index in [0.717, 1.165) is 12.1 Å². The molecule has 144 valence electrons. The van der Waals surface area contributed by atoms with Crippen molar-refractivity contribution in [3.05, 3.63) is 58.9 Å². The summed E-state index contributed by atoms with van der Waals surface area (Å²) in [5, 5.41) is 11.2. The molecule has 0 radical (unpaired) electrons. The van der Waals surface area contributed by atoms with Crippen molar-refractivity contribution in [2.45, 2.75) is 13.1 Å². The Bertz CT molecular complexity index is 976. The Morgan fingerprint density at radius 1 is 1.25 bits per heavy atom. The SMILES string of the molecule is Cc1cccc(C(=O)Nc2cc(C(=O)N3CC(C#N)C3)cc(C(F)(F)F)c2)n1. The van der Waals surface area contributed by atoms with Crippen molar-refractivity contribution in [3.63, 3.8) is 0 Å². The number of halogens is 3. The fourth-order valence-electron chi connectivity index (χ4n) is 2.76. The summed E-state index contributed by atoms with van der Waals surface area (Å²) in [6.45, 7) is 2.01. The number of anilines is 1. The zero-order valence-electron chi connectivity index (χ0n) is 14.7. The lowest BCUT2D eigenvalue weighted by Crippen LogP contribution is -2.49. The molecule has 1 saturated heterocycles. The van der Waals surface area contributed by atoms with E-state index in [1.807, 2.05) is 6.07 Å². The third kappa shape index (κ3) is 4.11. The molecule has 1 aliphatic heterocycles. The lowest BCUT2D eigenvalue weighted by Gasteiger charge is -2.35. The number of carbonyl (C=O) groups excluding carboxylic acids is 2. The van der Waals surface area contributed by atoms with Crippen molar-refractivity contribution in [3.8, 4) is 6.07 Å². The lowest BCUT2D eigenvalue weighted by molar-refractivity contribution is -0.137. The summed E-state index contributed by atoms with van der Waals surface area (Å²) in [5.74, 6) is -1.63. The molecule has 28 heavy (non-hydrogen) atoms. The van der Waals surface area contributed by atoms with Gasteiger partial charge in [0.1, 0.15) is 5.69 Å². The minimum Gasteiger partial charge on any atom is -0.336 e. The van der Waals surface area contributed by atoms with Crippen LogP contribution in [0.5, 0.6) is 0 Å². The first-order valence-corrected chi connectivity index (χ1v) is 8.33. The Morgan fingerprint density at radius 2 is 1.96 bits per heavy atom. The van der Waals surface area contributed by atoms with Crippen LogP contribution in [-0.2, 0) is 6.18 Å². The van der Waals surface area contributed by atoms with Crippen molar-refractivity contribution < 1.29 is 22.8 Å². The van der Waals surface area contributed by atoms with Crippen LogP contribution >= 0.6 is 0 Å². The topological polar surface area (TPSA) is 86.1 Å². The predicted octanol–water partition coefficient (Wildman–Crippen LogP) is 3.26. The van der Waals surface area contributed by atoms with Crippen molar-refractivity contribution in [1.29, 1.82) is 5.26 Å². The van der Waals surface area contributed by atoms with Crippen LogP contribution in [0.15, 0.2) is 36.4 Å². The summed E-state index contributed by atoms with van der Waals surface area (Å²) in [4.78, 5) is 30.1. The Kier molecular flexibility index (Phi) is 5.05. The first kappa shape index (κ1) is 19.4. The number of aryl methyl sites for hydroxylation is 1. The summed E-state index contributed by atoms with van der Waals surface area (Å²) >= 11 is 0. The van der Waals surface area contributed by atoms with Gasteiger partial charge in [-0.25, -0.2) is 4.98 Å². The van der Waals surface area contributed by atoms with Gasteiger partial charge in [0.05, 0.1) is 17.6 Å². The van der Waals surface area contributed by atoms with Crippen molar-refractivity contribution in [2.24, 2.45) is 5.92 Å². The maximum atomic E-state index is 13.2. The number of pyridine rings is 1. The van der Waals surface area contributed by atoms with Gasteiger partial charge in [0.2, 0.25) is 0 Å². The zero-order valence-corrected chi connectivity index (χ0v) is 14.7. The molecule has 1 aromatic carbocycles. The highest BCUT2D eigenvalue weighted by Gasteiger charge is 2.35. The van der Waals surface area contributed by atoms with Gasteiger partial charge in [0.25, 0.3) is 11.8 Å². The Labute approximate surface area is 158 Å². The Balaban J connectivity index is 1.89. The van der Waals surface area contributed by atoms with E-state index < -0.39 is 23.6 Å². The van der Waals surface area contributed by atoms with E-state index in [4.69, 9.17) is 5.26 Å². The molecule has 0 saturated carbocycles. The molecule has 0 unspecified atom stereocenters. The number of carbonyl (C=O) groups is 2. The first-order valence-electron chi connectivity index (χ1n) is 8.33. The van der Waals surface area contributed by atoms with E-state index in [-0.39, 0.29) is 36.0 Å². The average molecular weight is 388 g/mol. The van der Waals surface area contributed by atoms with Gasteiger partial charge in [-0.05, 0) is 37.3 Å². The van der Waals surface area contributed by atoms with Gasteiger partial charge < -0.3 is 10.2 Å². The smallest absolute Gasteiger partial charge is 0.336 e. The van der Waals surface area contributed by atoms with Gasteiger partial charge in [0.15, 0.2) is 0 Å². The minimum atomic E-state index is -4.69. The number of hydrogen-bond acceptors (Lipinski definition) is 4. The largest absolute Gasteiger partial charge is 0.416 e. The highest BCUT2D eigenvalue weighted by molar-refractivity contribution is 6.04. The Morgan fingerprint density at radius 3 is 2.57 bits per heavy atom. The average Bonchev–Trinajstić information content (AvgIpc) is 2.59.